The first kappa shape index (κ1) is 15.2. The van der Waals surface area contributed by atoms with Crippen molar-refractivity contribution in [3.05, 3.63) is 82.3 Å². The number of nitriles is 1. The van der Waals surface area contributed by atoms with Crippen molar-refractivity contribution in [1.29, 1.82) is 5.26 Å². The molecule has 0 atom stereocenters. The summed E-state index contributed by atoms with van der Waals surface area (Å²) in [6.45, 7) is 6.65. The lowest BCUT2D eigenvalue weighted by Crippen LogP contribution is -2.46. The van der Waals surface area contributed by atoms with E-state index in [0.29, 0.717) is 5.56 Å². The van der Waals surface area contributed by atoms with Crippen molar-refractivity contribution in [2.45, 2.75) is 20.8 Å². The summed E-state index contributed by atoms with van der Waals surface area (Å²) >= 11 is 0. The fourth-order valence-corrected chi connectivity index (χ4v) is 3.28. The van der Waals surface area contributed by atoms with Crippen LogP contribution in [0.1, 0.15) is 27.8 Å². The van der Waals surface area contributed by atoms with Crippen LogP contribution in [0.3, 0.4) is 0 Å². The van der Waals surface area contributed by atoms with Gasteiger partial charge >= 0.3 is 6.85 Å². The van der Waals surface area contributed by atoms with Crippen LogP contribution in [0.15, 0.2) is 54.5 Å². The van der Waals surface area contributed by atoms with Crippen molar-refractivity contribution in [2.24, 2.45) is 0 Å². The van der Waals surface area contributed by atoms with E-state index in [9.17, 15) is 0 Å². The summed E-state index contributed by atoms with van der Waals surface area (Å²) in [7, 11) is 0. The quantitative estimate of drug-likeness (QED) is 0.862. The molecule has 23 heavy (non-hydrogen) atoms. The van der Waals surface area contributed by atoms with Crippen LogP contribution in [0.5, 0.6) is 0 Å². The molecule has 0 saturated heterocycles. The maximum Gasteiger partial charge on any atom is 0.313 e. The van der Waals surface area contributed by atoms with Gasteiger partial charge in [-0.3, -0.25) is 0 Å². The summed E-state index contributed by atoms with van der Waals surface area (Å²) in [5, 5.41) is 12.5. The SMILES string of the molecule is Cc1cc(C)c(B2C=CC=C(c3ccc(C#N)cc3)N2)c(C)c1. The summed E-state index contributed by atoms with van der Waals surface area (Å²) in [5.41, 5.74) is 8.12. The van der Waals surface area contributed by atoms with Crippen LogP contribution in [-0.4, -0.2) is 6.85 Å². The third-order valence-electron chi connectivity index (χ3n) is 4.25. The highest BCUT2D eigenvalue weighted by Crippen LogP contribution is 2.17. The zero-order valence-electron chi connectivity index (χ0n) is 13.7. The lowest BCUT2D eigenvalue weighted by Gasteiger charge is -2.23. The molecular formula is C20H19BN2. The van der Waals surface area contributed by atoms with E-state index in [1.807, 2.05) is 24.3 Å². The van der Waals surface area contributed by atoms with Crippen LogP contribution >= 0.6 is 0 Å². The highest BCUT2D eigenvalue weighted by atomic mass is 14.8. The van der Waals surface area contributed by atoms with E-state index in [0.717, 1.165) is 11.3 Å². The summed E-state index contributed by atoms with van der Waals surface area (Å²) < 4.78 is 0. The Hall–Kier alpha value is -2.73. The molecule has 3 heteroatoms. The number of hydrogen-bond acceptors (Lipinski definition) is 2. The van der Waals surface area contributed by atoms with Crippen molar-refractivity contribution in [2.75, 3.05) is 0 Å². The third-order valence-corrected chi connectivity index (χ3v) is 4.25. The van der Waals surface area contributed by atoms with Crippen molar-refractivity contribution in [3.8, 4) is 6.07 Å². The summed E-state index contributed by atoms with van der Waals surface area (Å²) in [6, 6.07) is 14.3. The Balaban J connectivity index is 1.91. The molecule has 3 rings (SSSR count). The molecule has 1 heterocycles. The Labute approximate surface area is 138 Å². The van der Waals surface area contributed by atoms with Gasteiger partial charge in [0, 0.05) is 5.70 Å². The maximum absolute atomic E-state index is 8.92. The van der Waals surface area contributed by atoms with Crippen molar-refractivity contribution in [1.82, 2.24) is 5.23 Å². The van der Waals surface area contributed by atoms with Crippen LogP contribution in [0.4, 0.5) is 0 Å². The van der Waals surface area contributed by atoms with Gasteiger partial charge in [-0.1, -0.05) is 53.0 Å². The molecule has 0 saturated carbocycles. The Kier molecular flexibility index (Phi) is 4.08. The van der Waals surface area contributed by atoms with Crippen LogP contribution in [-0.2, 0) is 0 Å². The Bertz CT molecular complexity index is 816. The lowest BCUT2D eigenvalue weighted by atomic mass is 9.52. The van der Waals surface area contributed by atoms with Gasteiger partial charge in [0.25, 0.3) is 0 Å². The maximum atomic E-state index is 8.92. The number of hydrogen-bond donors (Lipinski definition) is 1. The largest absolute Gasteiger partial charge is 0.420 e. The predicted octanol–water partition coefficient (Wildman–Crippen LogP) is 3.42. The van der Waals surface area contributed by atoms with E-state index in [4.69, 9.17) is 5.26 Å². The second kappa shape index (κ2) is 6.18. The molecule has 0 bridgehead atoms. The van der Waals surface area contributed by atoms with E-state index in [1.54, 1.807) is 0 Å². The predicted molar refractivity (Wildman–Crippen MR) is 97.5 cm³/mol. The first-order valence-electron chi connectivity index (χ1n) is 7.82. The van der Waals surface area contributed by atoms with Gasteiger partial charge < -0.3 is 5.23 Å². The monoisotopic (exact) mass is 298 g/mol. The van der Waals surface area contributed by atoms with Gasteiger partial charge in [0.05, 0.1) is 11.6 Å². The Morgan fingerprint density at radius 3 is 2.26 bits per heavy atom. The molecule has 0 aromatic heterocycles. The normalized spacial score (nSPS) is 13.3. The summed E-state index contributed by atoms with van der Waals surface area (Å²) in [5.74, 6) is 2.19. The number of allylic oxidation sites excluding steroid dienone is 2. The number of nitrogens with one attached hydrogen (secondary N) is 1. The molecule has 2 aromatic carbocycles. The van der Waals surface area contributed by atoms with Gasteiger partial charge in [-0.05, 0) is 50.0 Å². The molecule has 0 fully saturated rings. The summed E-state index contributed by atoms with van der Waals surface area (Å²) in [4.78, 5) is 0. The summed E-state index contributed by atoms with van der Waals surface area (Å²) in [6.07, 6.45) is 4.18. The third kappa shape index (κ3) is 3.07. The van der Waals surface area contributed by atoms with E-state index < -0.39 is 0 Å². The minimum Gasteiger partial charge on any atom is -0.420 e. The molecule has 0 unspecified atom stereocenters. The van der Waals surface area contributed by atoms with Crippen molar-refractivity contribution in [3.63, 3.8) is 0 Å². The molecular weight excluding hydrogens is 279 g/mol. The highest BCUT2D eigenvalue weighted by molar-refractivity contribution is 6.77. The number of nitrogens with zero attached hydrogens (tertiary/aromatic N) is 1. The van der Waals surface area contributed by atoms with E-state index in [-0.39, 0.29) is 6.85 Å². The first-order valence-corrected chi connectivity index (χ1v) is 7.82. The second-order valence-corrected chi connectivity index (χ2v) is 6.09. The van der Waals surface area contributed by atoms with Gasteiger partial charge in [-0.15, -0.1) is 0 Å². The Morgan fingerprint density at radius 1 is 1.00 bits per heavy atom. The topological polar surface area (TPSA) is 35.8 Å². The molecule has 0 aliphatic carbocycles. The second-order valence-electron chi connectivity index (χ2n) is 6.09. The van der Waals surface area contributed by atoms with Crippen molar-refractivity contribution < 1.29 is 0 Å². The zero-order chi connectivity index (χ0) is 16.4. The molecule has 112 valence electrons. The smallest absolute Gasteiger partial charge is 0.313 e. The van der Waals surface area contributed by atoms with E-state index in [1.165, 1.54) is 22.2 Å². The van der Waals surface area contributed by atoms with Gasteiger partial charge in [0.15, 0.2) is 0 Å². The molecule has 1 aliphatic heterocycles. The minimum atomic E-state index is 0.172. The lowest BCUT2D eigenvalue weighted by molar-refractivity contribution is 1.30. The van der Waals surface area contributed by atoms with E-state index in [2.05, 4.69) is 62.3 Å². The zero-order valence-corrected chi connectivity index (χ0v) is 13.7. The highest BCUT2D eigenvalue weighted by Gasteiger charge is 2.22. The fraction of sp³-hybridized carbons (Fsp3) is 0.150. The number of rotatable bonds is 2. The molecule has 2 nitrogen and oxygen atoms in total. The van der Waals surface area contributed by atoms with Crippen LogP contribution in [0.2, 0.25) is 0 Å². The van der Waals surface area contributed by atoms with Gasteiger partial charge in [0.2, 0.25) is 0 Å². The average Bonchev–Trinajstić information content (AvgIpc) is 2.54. The van der Waals surface area contributed by atoms with E-state index >= 15 is 0 Å². The van der Waals surface area contributed by atoms with Gasteiger partial charge in [-0.2, -0.15) is 5.26 Å². The molecule has 1 aliphatic rings. The number of aryl methyl sites for hydroxylation is 3. The van der Waals surface area contributed by atoms with Gasteiger partial charge in [0.1, 0.15) is 0 Å². The van der Waals surface area contributed by atoms with Crippen LogP contribution < -0.4 is 10.7 Å². The fourth-order valence-electron chi connectivity index (χ4n) is 3.28. The molecule has 0 amide bonds. The van der Waals surface area contributed by atoms with Gasteiger partial charge in [-0.25, -0.2) is 0 Å². The molecule has 2 aromatic rings. The minimum absolute atomic E-state index is 0.172. The standard InChI is InChI=1S/C20H19BN2/c1-14-11-15(2)20(16(3)12-14)21-10-4-5-19(23-21)18-8-6-17(13-22)7-9-18/h4-12,23H,1-3H3. The molecule has 0 spiro atoms. The Morgan fingerprint density at radius 2 is 1.65 bits per heavy atom. The number of benzene rings is 2. The first-order chi connectivity index (χ1) is 11.1. The molecule has 1 N–H and O–H groups in total. The van der Waals surface area contributed by atoms with Crippen LogP contribution in [0.25, 0.3) is 5.70 Å². The average molecular weight is 298 g/mol. The van der Waals surface area contributed by atoms with Crippen molar-refractivity contribution >= 4 is 18.0 Å². The molecule has 0 radical (unpaired) electrons. The van der Waals surface area contributed by atoms with Crippen LogP contribution in [0, 0.1) is 32.1 Å².